The molecule has 0 unspecified atom stereocenters. The van der Waals surface area contributed by atoms with E-state index in [2.05, 4.69) is 53.7 Å². The Balaban J connectivity index is 0.000000429. The molecule has 3 rings (SSSR count). The molecule has 3 aromatic rings. The molecule has 0 bridgehead atoms. The Morgan fingerprint density at radius 2 is 0.613 bits per heavy atom. The fourth-order valence-electron chi connectivity index (χ4n) is 2.84. The molecule has 0 aliphatic rings. The van der Waals surface area contributed by atoms with Crippen LogP contribution < -0.4 is 14.7 Å². The molecule has 3 nitrogen and oxygen atoms in total. The van der Waals surface area contributed by atoms with Crippen LogP contribution in [0.1, 0.15) is 16.7 Å². The number of rotatable bonds is 3. The zero-order valence-corrected chi connectivity index (χ0v) is 21.4. The average Bonchev–Trinajstić information content (AvgIpc) is 2.69. The standard InChI is InChI=1S/3C9H12N.Tm/c3*1-8-6-4-5-7-9(8)10(2)3;/h3*4-7H,1H2,2-3H3;/q3*-1;+3. The van der Waals surface area contributed by atoms with Gasteiger partial charge in [0.15, 0.2) is 0 Å². The number of benzene rings is 3. The van der Waals surface area contributed by atoms with Crippen molar-refractivity contribution in [1.29, 1.82) is 0 Å². The normalized spacial score (nSPS) is 9.10. The first kappa shape index (κ1) is 28.9. The van der Waals surface area contributed by atoms with E-state index < -0.39 is 0 Å². The first-order chi connectivity index (χ1) is 14.1. The number of para-hydroxylation sites is 3. The Hall–Kier alpha value is -2.10. The monoisotopic (exact) mass is 571 g/mol. The minimum Gasteiger partial charge on any atom is -0.428 e. The summed E-state index contributed by atoms with van der Waals surface area (Å²) in [6.07, 6.45) is 0. The summed E-state index contributed by atoms with van der Waals surface area (Å²) >= 11 is 0. The molecule has 172 valence electrons. The summed E-state index contributed by atoms with van der Waals surface area (Å²) in [4.78, 5) is 6.17. The average molecular weight is 572 g/mol. The van der Waals surface area contributed by atoms with E-state index in [1.54, 1.807) is 0 Å². The topological polar surface area (TPSA) is 9.72 Å². The van der Waals surface area contributed by atoms with Crippen molar-refractivity contribution >= 4 is 17.1 Å². The van der Waals surface area contributed by atoms with Crippen LogP contribution in [0.4, 0.5) is 17.1 Å². The van der Waals surface area contributed by atoms with Crippen LogP contribution in [0.5, 0.6) is 0 Å². The van der Waals surface area contributed by atoms with Crippen LogP contribution in [-0.2, 0) is 0 Å². The molecule has 0 saturated carbocycles. The predicted molar refractivity (Wildman–Crippen MR) is 136 cm³/mol. The molecule has 0 fully saturated rings. The Labute approximate surface area is 219 Å². The molecule has 0 saturated heterocycles. The van der Waals surface area contributed by atoms with Gasteiger partial charge in [0.05, 0.1) is 0 Å². The van der Waals surface area contributed by atoms with E-state index in [4.69, 9.17) is 0 Å². The van der Waals surface area contributed by atoms with Crippen LogP contribution in [0.15, 0.2) is 72.8 Å². The van der Waals surface area contributed by atoms with Gasteiger partial charge in [-0.15, -0.1) is 18.2 Å². The summed E-state index contributed by atoms with van der Waals surface area (Å²) in [6.45, 7) is 11.7. The van der Waals surface area contributed by atoms with Gasteiger partial charge in [-0.3, -0.25) is 0 Å². The molecule has 0 aromatic heterocycles. The molecule has 0 N–H and O–H groups in total. The van der Waals surface area contributed by atoms with E-state index >= 15 is 0 Å². The molecular formula is C27H36N3Tm. The van der Waals surface area contributed by atoms with Crippen molar-refractivity contribution in [3.05, 3.63) is 110 Å². The molecule has 0 amide bonds. The van der Waals surface area contributed by atoms with E-state index in [1.165, 1.54) is 17.1 Å². The molecule has 3 aromatic carbocycles. The van der Waals surface area contributed by atoms with E-state index in [0.717, 1.165) is 16.7 Å². The second-order valence-electron chi connectivity index (χ2n) is 7.57. The van der Waals surface area contributed by atoms with Crippen LogP contribution in [0.3, 0.4) is 0 Å². The third-order valence-corrected chi connectivity index (χ3v) is 4.42. The van der Waals surface area contributed by atoms with Crippen LogP contribution in [-0.4, -0.2) is 42.3 Å². The third-order valence-electron chi connectivity index (χ3n) is 4.42. The second kappa shape index (κ2) is 14.8. The molecule has 0 aliphatic heterocycles. The molecule has 4 heteroatoms. The van der Waals surface area contributed by atoms with Crippen molar-refractivity contribution in [3.8, 4) is 0 Å². The maximum atomic E-state index is 3.90. The maximum Gasteiger partial charge on any atom is 3.00 e. The largest absolute Gasteiger partial charge is 3.00 e. The Kier molecular flexibility index (Phi) is 13.8. The summed E-state index contributed by atoms with van der Waals surface area (Å²) in [5.41, 5.74) is 6.78. The first-order valence-electron chi connectivity index (χ1n) is 9.90. The Morgan fingerprint density at radius 1 is 0.419 bits per heavy atom. The fraction of sp³-hybridized carbons (Fsp3) is 0.222. The van der Waals surface area contributed by atoms with E-state index in [0.29, 0.717) is 0 Å². The van der Waals surface area contributed by atoms with Crippen molar-refractivity contribution in [1.82, 2.24) is 0 Å². The van der Waals surface area contributed by atoms with Crippen molar-refractivity contribution < 1.29 is 36.9 Å². The van der Waals surface area contributed by atoms with Crippen LogP contribution in [0, 0.1) is 57.6 Å². The predicted octanol–water partition coefficient (Wildman–Crippen LogP) is 5.80. The Morgan fingerprint density at radius 3 is 0.742 bits per heavy atom. The second-order valence-corrected chi connectivity index (χ2v) is 7.57. The van der Waals surface area contributed by atoms with Gasteiger partial charge in [-0.1, -0.05) is 53.5 Å². The zero-order valence-electron chi connectivity index (χ0n) is 19.7. The van der Waals surface area contributed by atoms with Crippen molar-refractivity contribution in [3.63, 3.8) is 0 Å². The van der Waals surface area contributed by atoms with Gasteiger partial charge in [0.2, 0.25) is 0 Å². The van der Waals surface area contributed by atoms with E-state index in [1.807, 2.05) is 96.9 Å². The van der Waals surface area contributed by atoms with E-state index in [-0.39, 0.29) is 36.9 Å². The quantitative estimate of drug-likeness (QED) is 0.368. The van der Waals surface area contributed by atoms with Gasteiger partial charge in [-0.05, 0) is 42.3 Å². The molecule has 31 heavy (non-hydrogen) atoms. The molecule has 0 atom stereocenters. The maximum absolute atomic E-state index is 3.90. The van der Waals surface area contributed by atoms with Crippen LogP contribution in [0.2, 0.25) is 0 Å². The number of nitrogens with zero attached hydrogens (tertiary/aromatic N) is 3. The molecular weight excluding hydrogens is 535 g/mol. The van der Waals surface area contributed by atoms with E-state index in [9.17, 15) is 0 Å². The molecule has 0 spiro atoms. The number of anilines is 3. The fourth-order valence-corrected chi connectivity index (χ4v) is 2.84. The smallest absolute Gasteiger partial charge is 0.428 e. The third kappa shape index (κ3) is 10.2. The summed E-state index contributed by atoms with van der Waals surface area (Å²) in [5.74, 6) is 0. The van der Waals surface area contributed by atoms with Gasteiger partial charge in [0.25, 0.3) is 0 Å². The van der Waals surface area contributed by atoms with Gasteiger partial charge in [-0.2, -0.15) is 55.7 Å². The van der Waals surface area contributed by atoms with Gasteiger partial charge in [0.1, 0.15) is 0 Å². The molecule has 0 aliphatic carbocycles. The first-order valence-corrected chi connectivity index (χ1v) is 9.90. The minimum atomic E-state index is 0. The van der Waals surface area contributed by atoms with Crippen molar-refractivity contribution in [2.24, 2.45) is 0 Å². The SMILES string of the molecule is [CH2-]c1ccccc1N(C)C.[CH2-]c1ccccc1N(C)C.[CH2-]c1ccccc1N(C)C.[Tm+3]. The van der Waals surface area contributed by atoms with Gasteiger partial charge >= 0.3 is 36.9 Å². The number of hydrogen-bond donors (Lipinski definition) is 0. The van der Waals surface area contributed by atoms with Crippen molar-refractivity contribution in [2.45, 2.75) is 0 Å². The summed E-state index contributed by atoms with van der Waals surface area (Å²) in [5, 5.41) is 0. The molecule has 0 heterocycles. The van der Waals surface area contributed by atoms with Crippen LogP contribution in [0.25, 0.3) is 0 Å². The zero-order chi connectivity index (χ0) is 22.7. The Bertz CT molecular complexity index is 771. The van der Waals surface area contributed by atoms with Gasteiger partial charge in [0, 0.05) is 0 Å². The molecule has 0 radical (unpaired) electrons. The minimum absolute atomic E-state index is 0. The summed E-state index contributed by atoms with van der Waals surface area (Å²) < 4.78 is 0. The summed E-state index contributed by atoms with van der Waals surface area (Å²) in [6, 6.07) is 24.2. The van der Waals surface area contributed by atoms with Crippen LogP contribution >= 0.6 is 0 Å². The number of hydrogen-bond acceptors (Lipinski definition) is 3. The van der Waals surface area contributed by atoms with Gasteiger partial charge < -0.3 is 14.7 Å². The van der Waals surface area contributed by atoms with Crippen molar-refractivity contribution in [2.75, 3.05) is 57.0 Å². The van der Waals surface area contributed by atoms with Gasteiger partial charge in [-0.25, -0.2) is 0 Å². The summed E-state index contributed by atoms with van der Waals surface area (Å²) in [7, 11) is 12.1.